The fourth-order valence-corrected chi connectivity index (χ4v) is 2.63. The van der Waals surface area contributed by atoms with Gasteiger partial charge in [0.15, 0.2) is 5.78 Å². The van der Waals surface area contributed by atoms with Gasteiger partial charge < -0.3 is 20.2 Å². The second-order valence-electron chi connectivity index (χ2n) is 5.86. The lowest BCUT2D eigenvalue weighted by Crippen LogP contribution is -2.46. The van der Waals surface area contributed by atoms with E-state index in [1.807, 2.05) is 0 Å². The van der Waals surface area contributed by atoms with E-state index in [9.17, 15) is 29.3 Å². The van der Waals surface area contributed by atoms with E-state index in [4.69, 9.17) is 4.74 Å². The van der Waals surface area contributed by atoms with Gasteiger partial charge in [-0.25, -0.2) is 0 Å². The van der Waals surface area contributed by atoms with Gasteiger partial charge in [-0.2, -0.15) is 12.6 Å². The smallest absolute Gasteiger partial charge is 0.322 e. The van der Waals surface area contributed by atoms with E-state index in [1.54, 1.807) is 0 Å². The summed E-state index contributed by atoms with van der Waals surface area (Å²) in [6, 6.07) is 4.70. The number of hydrogen-bond donors (Lipinski definition) is 3. The molecule has 0 spiro atoms. The number of amides is 2. The molecule has 158 valence electrons. The zero-order valence-corrected chi connectivity index (χ0v) is 16.6. The Morgan fingerprint density at radius 2 is 1.76 bits per heavy atom. The van der Waals surface area contributed by atoms with Crippen molar-refractivity contribution in [2.24, 2.45) is 5.92 Å². The summed E-state index contributed by atoms with van der Waals surface area (Å²) in [5.41, 5.74) is 0.496. The summed E-state index contributed by atoms with van der Waals surface area (Å²) in [6.45, 7) is 2.07. The number of carbonyl (C=O) groups is 4. The van der Waals surface area contributed by atoms with Crippen molar-refractivity contribution in [1.29, 1.82) is 0 Å². The van der Waals surface area contributed by atoms with Crippen LogP contribution in [-0.2, 0) is 24.0 Å². The van der Waals surface area contributed by atoms with Gasteiger partial charge in [0.2, 0.25) is 11.8 Å². The highest BCUT2D eigenvalue weighted by Crippen LogP contribution is 2.18. The van der Waals surface area contributed by atoms with Gasteiger partial charge in [0.25, 0.3) is 5.09 Å². The minimum Gasteiger partial charge on any atom is -0.426 e. The van der Waals surface area contributed by atoms with E-state index in [2.05, 4.69) is 28.1 Å². The zero-order valence-electron chi connectivity index (χ0n) is 15.7. The summed E-state index contributed by atoms with van der Waals surface area (Å²) in [5, 5.41) is 14.1. The number of nitrogens with zero attached hydrogens (tertiary/aromatic N) is 1. The van der Waals surface area contributed by atoms with E-state index in [-0.39, 0.29) is 23.8 Å². The van der Waals surface area contributed by atoms with Gasteiger partial charge in [-0.3, -0.25) is 19.2 Å². The Bertz CT molecular complexity index is 768. The summed E-state index contributed by atoms with van der Waals surface area (Å²) in [6.07, 6.45) is -0.206. The molecule has 0 fully saturated rings. The molecule has 2 N–H and O–H groups in total. The van der Waals surface area contributed by atoms with Crippen molar-refractivity contribution in [2.45, 2.75) is 26.3 Å². The first-order valence-corrected chi connectivity index (χ1v) is 9.05. The molecule has 29 heavy (non-hydrogen) atoms. The van der Waals surface area contributed by atoms with Crippen LogP contribution in [0.25, 0.3) is 0 Å². The standard InChI is InChI=1S/C17H21N3O8S/c1-10(21)18-12-3-5-13(6-4-12)28-17(24)14(9-29)16(23)15(19-11(2)22)7-8-27-20(25)26/h3-6,14-15,29H,7-9H2,1-2H3,(H,18,21)(H,19,22). The van der Waals surface area contributed by atoms with Gasteiger partial charge >= 0.3 is 5.97 Å². The maximum atomic E-state index is 12.7. The number of nitrogens with one attached hydrogen (secondary N) is 2. The predicted octanol–water partition coefficient (Wildman–Crippen LogP) is 0.769. The minimum absolute atomic E-state index is 0.136. The Balaban J connectivity index is 2.83. The van der Waals surface area contributed by atoms with Crippen molar-refractivity contribution >= 4 is 41.9 Å². The Kier molecular flexibility index (Phi) is 9.59. The topological polar surface area (TPSA) is 154 Å². The van der Waals surface area contributed by atoms with E-state index >= 15 is 0 Å². The molecule has 1 aromatic rings. The van der Waals surface area contributed by atoms with Gasteiger partial charge in [0, 0.05) is 25.3 Å². The van der Waals surface area contributed by atoms with E-state index < -0.39 is 41.3 Å². The van der Waals surface area contributed by atoms with Gasteiger partial charge in [-0.15, -0.1) is 10.1 Å². The fraction of sp³-hybridized carbons (Fsp3) is 0.412. The first-order chi connectivity index (χ1) is 13.6. The maximum Gasteiger partial charge on any atom is 0.322 e. The van der Waals surface area contributed by atoms with E-state index in [1.165, 1.54) is 38.1 Å². The lowest BCUT2D eigenvalue weighted by molar-refractivity contribution is -0.757. The molecule has 0 bridgehead atoms. The minimum atomic E-state index is -1.32. The van der Waals surface area contributed by atoms with Crippen LogP contribution in [0.3, 0.4) is 0 Å². The molecular formula is C17H21N3O8S. The van der Waals surface area contributed by atoms with E-state index in [0.717, 1.165) is 0 Å². The van der Waals surface area contributed by atoms with Gasteiger partial charge in [-0.1, -0.05) is 0 Å². The number of Topliss-reactive ketones (excluding diaryl/α,β-unsaturated/α-hetero) is 1. The van der Waals surface area contributed by atoms with Crippen molar-refractivity contribution in [3.05, 3.63) is 34.4 Å². The molecule has 0 aromatic heterocycles. The number of rotatable bonds is 11. The van der Waals surface area contributed by atoms with Gasteiger partial charge in [-0.05, 0) is 30.7 Å². The Morgan fingerprint density at radius 1 is 1.14 bits per heavy atom. The Labute approximate surface area is 171 Å². The average molecular weight is 427 g/mol. The highest BCUT2D eigenvalue weighted by Gasteiger charge is 2.33. The van der Waals surface area contributed by atoms with Crippen LogP contribution in [0.1, 0.15) is 20.3 Å². The van der Waals surface area contributed by atoms with Gasteiger partial charge in [0.05, 0.1) is 12.6 Å². The first-order valence-electron chi connectivity index (χ1n) is 8.42. The molecule has 0 aliphatic heterocycles. The van der Waals surface area contributed by atoms with Crippen LogP contribution >= 0.6 is 12.6 Å². The number of benzene rings is 1. The van der Waals surface area contributed by atoms with Crippen molar-refractivity contribution in [2.75, 3.05) is 17.7 Å². The molecule has 0 heterocycles. The molecule has 0 radical (unpaired) electrons. The third-order valence-corrected chi connectivity index (χ3v) is 3.89. The molecule has 0 aliphatic rings. The summed E-state index contributed by atoms with van der Waals surface area (Å²) < 4.78 is 5.17. The number of esters is 1. The lowest BCUT2D eigenvalue weighted by atomic mass is 9.97. The second kappa shape index (κ2) is 11.6. The number of anilines is 1. The third-order valence-electron chi connectivity index (χ3n) is 3.53. The number of thiol groups is 1. The molecule has 1 rings (SSSR count). The quantitative estimate of drug-likeness (QED) is 0.117. The van der Waals surface area contributed by atoms with Crippen LogP contribution in [0, 0.1) is 16.0 Å². The van der Waals surface area contributed by atoms with Crippen LogP contribution < -0.4 is 15.4 Å². The first kappa shape index (κ1) is 23.9. The van der Waals surface area contributed by atoms with Crippen molar-refractivity contribution in [3.8, 4) is 5.75 Å². The summed E-state index contributed by atoms with van der Waals surface area (Å²) in [7, 11) is 0. The zero-order chi connectivity index (χ0) is 22.0. The molecule has 2 atom stereocenters. The molecule has 0 saturated heterocycles. The average Bonchev–Trinajstić information content (AvgIpc) is 2.62. The normalized spacial score (nSPS) is 12.2. The highest BCUT2D eigenvalue weighted by atomic mass is 32.1. The lowest BCUT2D eigenvalue weighted by Gasteiger charge is -2.21. The molecular weight excluding hydrogens is 406 g/mol. The SMILES string of the molecule is CC(=O)Nc1ccc(OC(=O)C(CS)C(=O)C(CCO[N+](=O)[O-])NC(C)=O)cc1. The largest absolute Gasteiger partial charge is 0.426 e. The number of carbonyl (C=O) groups excluding carboxylic acids is 4. The third kappa shape index (κ3) is 8.60. The van der Waals surface area contributed by atoms with Crippen molar-refractivity contribution < 1.29 is 33.8 Å². The fourth-order valence-electron chi connectivity index (χ4n) is 2.30. The van der Waals surface area contributed by atoms with Crippen LogP contribution in [0.2, 0.25) is 0 Å². The van der Waals surface area contributed by atoms with Crippen LogP contribution in [-0.4, -0.2) is 47.1 Å². The molecule has 0 aliphatic carbocycles. The molecule has 2 amide bonds. The number of hydrogen-bond acceptors (Lipinski definition) is 9. The number of ketones is 1. The van der Waals surface area contributed by atoms with Crippen LogP contribution in [0.4, 0.5) is 5.69 Å². The van der Waals surface area contributed by atoms with Crippen LogP contribution in [0.5, 0.6) is 5.75 Å². The van der Waals surface area contributed by atoms with Crippen LogP contribution in [0.15, 0.2) is 24.3 Å². The molecule has 11 nitrogen and oxygen atoms in total. The summed E-state index contributed by atoms with van der Waals surface area (Å²) >= 11 is 4.00. The molecule has 12 heteroatoms. The maximum absolute atomic E-state index is 12.7. The monoisotopic (exact) mass is 427 g/mol. The van der Waals surface area contributed by atoms with Crippen molar-refractivity contribution in [3.63, 3.8) is 0 Å². The highest BCUT2D eigenvalue weighted by molar-refractivity contribution is 7.80. The van der Waals surface area contributed by atoms with Crippen molar-refractivity contribution in [1.82, 2.24) is 5.32 Å². The number of ether oxygens (including phenoxy) is 1. The predicted molar refractivity (Wildman–Crippen MR) is 104 cm³/mol. The van der Waals surface area contributed by atoms with Gasteiger partial charge in [0.1, 0.15) is 11.7 Å². The van der Waals surface area contributed by atoms with E-state index in [0.29, 0.717) is 5.69 Å². The second-order valence-corrected chi connectivity index (χ2v) is 6.23. The molecule has 1 aromatic carbocycles. The summed E-state index contributed by atoms with van der Waals surface area (Å²) in [5.74, 6) is -3.81. The Hall–Kier alpha value is -3.15. The molecule has 0 saturated carbocycles. The molecule has 2 unspecified atom stereocenters. The Morgan fingerprint density at radius 3 is 2.24 bits per heavy atom. The summed E-state index contributed by atoms with van der Waals surface area (Å²) in [4.78, 5) is 61.8.